The first-order valence-corrected chi connectivity index (χ1v) is 11.8. The molecule has 1 aliphatic heterocycles. The average Bonchev–Trinajstić information content (AvgIpc) is 3.16. The molecule has 198 valence electrons. The van der Waals surface area contributed by atoms with Crippen molar-refractivity contribution < 1.29 is 27.9 Å². The number of halogens is 3. The Kier molecular flexibility index (Phi) is 7.49. The molecule has 1 fully saturated rings. The minimum atomic E-state index is -1.43. The Balaban J connectivity index is 1.80. The highest BCUT2D eigenvalue weighted by Gasteiger charge is 2.46. The molecule has 4 rings (SSSR count). The maximum absolute atomic E-state index is 15.1. The third-order valence-corrected chi connectivity index (χ3v) is 6.39. The van der Waals surface area contributed by atoms with Gasteiger partial charge < -0.3 is 24.8 Å². The van der Waals surface area contributed by atoms with Crippen LogP contribution >= 0.6 is 11.6 Å². The fraction of sp³-hybridized carbons (Fsp3) is 0.231. The quantitative estimate of drug-likeness (QED) is 0.495. The molecule has 0 spiro atoms. The van der Waals surface area contributed by atoms with Gasteiger partial charge in [0, 0.05) is 60.9 Å². The molecule has 1 saturated heterocycles. The van der Waals surface area contributed by atoms with E-state index in [4.69, 9.17) is 16.3 Å². The predicted octanol–water partition coefficient (Wildman–Crippen LogP) is 3.21. The number of nitrogens with zero attached hydrogens (tertiary/aromatic N) is 2. The van der Waals surface area contributed by atoms with E-state index in [9.17, 15) is 19.2 Å². The number of benzene rings is 2. The van der Waals surface area contributed by atoms with Crippen molar-refractivity contribution in [3.63, 3.8) is 0 Å². The van der Waals surface area contributed by atoms with E-state index in [1.54, 1.807) is 0 Å². The summed E-state index contributed by atoms with van der Waals surface area (Å²) in [5.74, 6) is -5.08. The van der Waals surface area contributed by atoms with Gasteiger partial charge in [0.05, 0.1) is 12.8 Å². The summed E-state index contributed by atoms with van der Waals surface area (Å²) in [6.45, 7) is 0.947. The zero-order valence-corrected chi connectivity index (χ0v) is 21.3. The van der Waals surface area contributed by atoms with Crippen LogP contribution in [0.2, 0.25) is 5.02 Å². The van der Waals surface area contributed by atoms with Crippen LogP contribution in [-0.2, 0) is 16.6 Å². The number of aryl methyl sites for hydroxylation is 1. The SMILES string of the molecule is COc1cc(F)c([C@@H]2CN(c3cc(NC(C)=O)cn(C)c3=O)C(=O)C2NC(=O)c2ccc(Cl)cc2)c(F)c1. The van der Waals surface area contributed by atoms with Crippen molar-refractivity contribution >= 4 is 40.7 Å². The van der Waals surface area contributed by atoms with Gasteiger partial charge in [-0.1, -0.05) is 11.6 Å². The molecule has 2 atom stereocenters. The summed E-state index contributed by atoms with van der Waals surface area (Å²) < 4.78 is 36.4. The Labute approximate surface area is 221 Å². The third-order valence-electron chi connectivity index (χ3n) is 6.14. The number of rotatable bonds is 6. The second-order valence-electron chi connectivity index (χ2n) is 8.73. The number of ether oxygens (including phenoxy) is 1. The maximum atomic E-state index is 15.1. The smallest absolute Gasteiger partial charge is 0.274 e. The van der Waals surface area contributed by atoms with E-state index in [1.165, 1.54) is 57.6 Å². The van der Waals surface area contributed by atoms with Crippen LogP contribution in [0.4, 0.5) is 20.2 Å². The van der Waals surface area contributed by atoms with Crippen LogP contribution in [0.5, 0.6) is 5.75 Å². The van der Waals surface area contributed by atoms with E-state index in [2.05, 4.69) is 10.6 Å². The van der Waals surface area contributed by atoms with Gasteiger partial charge in [-0.3, -0.25) is 19.2 Å². The van der Waals surface area contributed by atoms with Crippen LogP contribution in [0.1, 0.15) is 28.8 Å². The monoisotopic (exact) mass is 544 g/mol. The van der Waals surface area contributed by atoms with Gasteiger partial charge in [0.15, 0.2) is 0 Å². The van der Waals surface area contributed by atoms with Crippen molar-refractivity contribution in [3.05, 3.63) is 86.8 Å². The fourth-order valence-corrected chi connectivity index (χ4v) is 4.51. The number of anilines is 2. The number of hydrogen-bond donors (Lipinski definition) is 2. The molecule has 2 N–H and O–H groups in total. The number of carbonyl (C=O) groups excluding carboxylic acids is 3. The Morgan fingerprint density at radius 2 is 1.71 bits per heavy atom. The molecule has 0 aliphatic carbocycles. The molecule has 12 heteroatoms. The van der Waals surface area contributed by atoms with Crippen molar-refractivity contribution in [2.75, 3.05) is 23.9 Å². The minimum absolute atomic E-state index is 0.0662. The molecule has 0 saturated carbocycles. The van der Waals surface area contributed by atoms with Crippen LogP contribution in [0.3, 0.4) is 0 Å². The van der Waals surface area contributed by atoms with E-state index in [1.807, 2.05) is 0 Å². The highest BCUT2D eigenvalue weighted by molar-refractivity contribution is 6.30. The zero-order chi connectivity index (χ0) is 27.7. The van der Waals surface area contributed by atoms with E-state index < -0.39 is 52.4 Å². The Bertz CT molecular complexity index is 1470. The van der Waals surface area contributed by atoms with Gasteiger partial charge in [-0.05, 0) is 30.3 Å². The number of nitrogens with one attached hydrogen (secondary N) is 2. The van der Waals surface area contributed by atoms with Gasteiger partial charge in [0.2, 0.25) is 11.8 Å². The highest BCUT2D eigenvalue weighted by atomic mass is 35.5. The summed E-state index contributed by atoms with van der Waals surface area (Å²) in [7, 11) is 2.68. The second-order valence-corrected chi connectivity index (χ2v) is 9.17. The summed E-state index contributed by atoms with van der Waals surface area (Å²) in [4.78, 5) is 52.2. The van der Waals surface area contributed by atoms with Crippen LogP contribution in [-0.4, -0.2) is 42.0 Å². The molecule has 9 nitrogen and oxygen atoms in total. The van der Waals surface area contributed by atoms with Gasteiger partial charge in [-0.2, -0.15) is 0 Å². The molecule has 3 aromatic rings. The molecule has 0 radical (unpaired) electrons. The summed E-state index contributed by atoms with van der Waals surface area (Å²) >= 11 is 5.89. The lowest BCUT2D eigenvalue weighted by Crippen LogP contribution is -2.44. The molecule has 1 unspecified atom stereocenters. The Morgan fingerprint density at radius 3 is 2.29 bits per heavy atom. The Morgan fingerprint density at radius 1 is 1.08 bits per heavy atom. The van der Waals surface area contributed by atoms with Crippen molar-refractivity contribution in [2.45, 2.75) is 18.9 Å². The number of amides is 3. The van der Waals surface area contributed by atoms with E-state index in [-0.39, 0.29) is 29.2 Å². The lowest BCUT2D eigenvalue weighted by atomic mass is 9.92. The molecular weight excluding hydrogens is 522 g/mol. The average molecular weight is 545 g/mol. The van der Waals surface area contributed by atoms with Gasteiger partial charge in [0.1, 0.15) is 29.1 Å². The van der Waals surface area contributed by atoms with Crippen LogP contribution in [0.25, 0.3) is 0 Å². The van der Waals surface area contributed by atoms with E-state index in [0.29, 0.717) is 5.02 Å². The molecular formula is C26H23ClF2N4O5. The fourth-order valence-electron chi connectivity index (χ4n) is 4.39. The predicted molar refractivity (Wildman–Crippen MR) is 137 cm³/mol. The van der Waals surface area contributed by atoms with E-state index >= 15 is 8.78 Å². The van der Waals surface area contributed by atoms with Gasteiger partial charge in [-0.25, -0.2) is 8.78 Å². The minimum Gasteiger partial charge on any atom is -0.497 e. The first kappa shape index (κ1) is 26.8. The van der Waals surface area contributed by atoms with Gasteiger partial charge in [0.25, 0.3) is 11.5 Å². The standard InChI is InChI=1S/C26H23ClF2N4O5/c1-13(34)30-16-8-21(25(36)32(2)11-16)33-12-18(22-19(28)9-17(38-3)10-20(22)29)23(26(33)37)31-24(35)14-4-6-15(27)7-5-14/h4-11,18,23H,12H2,1-3H3,(H,30,34)(H,31,35)/t18-,23?/m0/s1. The molecule has 2 aromatic carbocycles. The summed E-state index contributed by atoms with van der Waals surface area (Å²) in [5.41, 5.74) is -0.774. The number of methoxy groups -OCH3 is 1. The first-order valence-electron chi connectivity index (χ1n) is 11.4. The lowest BCUT2D eigenvalue weighted by molar-refractivity contribution is -0.118. The normalized spacial score (nSPS) is 16.9. The summed E-state index contributed by atoms with van der Waals surface area (Å²) in [6.07, 6.45) is 1.37. The number of pyridine rings is 1. The van der Waals surface area contributed by atoms with Gasteiger partial charge >= 0.3 is 0 Å². The molecule has 3 amide bonds. The van der Waals surface area contributed by atoms with E-state index in [0.717, 1.165) is 21.6 Å². The number of hydrogen-bond acceptors (Lipinski definition) is 5. The van der Waals surface area contributed by atoms with Crippen molar-refractivity contribution in [1.29, 1.82) is 0 Å². The van der Waals surface area contributed by atoms with Crippen molar-refractivity contribution in [2.24, 2.45) is 7.05 Å². The van der Waals surface area contributed by atoms with Crippen molar-refractivity contribution in [1.82, 2.24) is 9.88 Å². The summed E-state index contributed by atoms with van der Waals surface area (Å²) in [6, 6.07) is 7.65. The number of aromatic nitrogens is 1. The van der Waals surface area contributed by atoms with Crippen LogP contribution in [0.15, 0.2) is 53.5 Å². The lowest BCUT2D eigenvalue weighted by Gasteiger charge is -2.20. The third kappa shape index (κ3) is 5.23. The van der Waals surface area contributed by atoms with Gasteiger partial charge in [-0.15, -0.1) is 0 Å². The topological polar surface area (TPSA) is 110 Å². The van der Waals surface area contributed by atoms with Crippen molar-refractivity contribution in [3.8, 4) is 5.75 Å². The zero-order valence-electron chi connectivity index (χ0n) is 20.6. The van der Waals surface area contributed by atoms with Crippen LogP contribution < -0.4 is 25.8 Å². The molecule has 2 heterocycles. The maximum Gasteiger partial charge on any atom is 0.274 e. The summed E-state index contributed by atoms with van der Waals surface area (Å²) in [5, 5.41) is 5.49. The highest BCUT2D eigenvalue weighted by Crippen LogP contribution is 2.36. The first-order chi connectivity index (χ1) is 18.0. The molecule has 1 aliphatic rings. The van der Waals surface area contributed by atoms with Crippen LogP contribution in [0, 0.1) is 11.6 Å². The largest absolute Gasteiger partial charge is 0.497 e. The molecule has 0 bridgehead atoms. The number of carbonyl (C=O) groups is 3. The second kappa shape index (κ2) is 10.6. The molecule has 38 heavy (non-hydrogen) atoms. The Hall–Kier alpha value is -4.25. The molecule has 1 aromatic heterocycles.